The molecule has 0 aliphatic carbocycles. The molecule has 1 heterocycles. The van der Waals surface area contributed by atoms with Gasteiger partial charge in [0.05, 0.1) is 19.6 Å². The minimum atomic E-state index is -1.17. The van der Waals surface area contributed by atoms with Crippen molar-refractivity contribution in [1.29, 1.82) is 0 Å². The van der Waals surface area contributed by atoms with Gasteiger partial charge in [-0.25, -0.2) is 4.79 Å². The summed E-state index contributed by atoms with van der Waals surface area (Å²) in [5.74, 6) is -4.06. The summed E-state index contributed by atoms with van der Waals surface area (Å²) < 4.78 is 14.8. The number of hydrogen-bond donors (Lipinski definition) is 0. The largest absolute Gasteiger partial charge is 0.468 e. The maximum Gasteiger partial charge on any atom is 0.348 e. The Hall–Kier alpha value is -2.37. The van der Waals surface area contributed by atoms with Gasteiger partial charge in [-0.3, -0.25) is 9.59 Å². The van der Waals surface area contributed by atoms with Crippen LogP contribution in [0.15, 0.2) is 24.3 Å². The molecule has 0 amide bonds. The van der Waals surface area contributed by atoms with Crippen LogP contribution in [0, 0.1) is 12.8 Å². The number of hydrogen-bond acceptors (Lipinski definition) is 6. The molecular weight excluding hydrogens is 288 g/mol. The predicted octanol–water partition coefficient (Wildman–Crippen LogP) is 1.36. The van der Waals surface area contributed by atoms with Crippen LogP contribution in [-0.4, -0.2) is 37.7 Å². The highest BCUT2D eigenvalue weighted by Gasteiger charge is 2.54. The van der Waals surface area contributed by atoms with E-state index in [1.807, 2.05) is 19.1 Å². The highest BCUT2D eigenvalue weighted by atomic mass is 16.6. The highest BCUT2D eigenvalue weighted by molar-refractivity contribution is 6.00. The van der Waals surface area contributed by atoms with Crippen LogP contribution < -0.4 is 0 Å². The molecule has 1 fully saturated rings. The van der Waals surface area contributed by atoms with E-state index in [2.05, 4.69) is 0 Å². The van der Waals surface area contributed by atoms with Crippen molar-refractivity contribution < 1.29 is 28.6 Å². The van der Waals surface area contributed by atoms with E-state index >= 15 is 0 Å². The summed E-state index contributed by atoms with van der Waals surface area (Å²) in [6.07, 6.45) is -1.14. The van der Waals surface area contributed by atoms with Crippen molar-refractivity contribution in [2.24, 2.45) is 5.92 Å². The van der Waals surface area contributed by atoms with Gasteiger partial charge in [-0.05, 0) is 25.0 Å². The van der Waals surface area contributed by atoms with Crippen molar-refractivity contribution in [2.75, 3.05) is 13.7 Å². The molecule has 0 spiro atoms. The topological polar surface area (TPSA) is 78.9 Å². The van der Waals surface area contributed by atoms with Crippen LogP contribution in [0.5, 0.6) is 0 Å². The van der Waals surface area contributed by atoms with E-state index in [-0.39, 0.29) is 6.61 Å². The second-order valence-corrected chi connectivity index (χ2v) is 4.99. The average Bonchev–Trinajstić information content (AvgIpc) is 2.84. The van der Waals surface area contributed by atoms with Gasteiger partial charge in [0, 0.05) is 0 Å². The second-order valence-electron chi connectivity index (χ2n) is 4.99. The van der Waals surface area contributed by atoms with Crippen molar-refractivity contribution in [3.63, 3.8) is 0 Å². The van der Waals surface area contributed by atoms with Crippen LogP contribution in [-0.2, 0) is 28.6 Å². The molecule has 118 valence electrons. The third-order valence-corrected chi connectivity index (χ3v) is 3.70. The summed E-state index contributed by atoms with van der Waals surface area (Å²) in [4.78, 5) is 36.1. The molecule has 0 N–H and O–H groups in total. The Balaban J connectivity index is 2.47. The molecule has 1 aliphatic heterocycles. The van der Waals surface area contributed by atoms with Crippen LogP contribution >= 0.6 is 0 Å². The summed E-state index contributed by atoms with van der Waals surface area (Å²) >= 11 is 0. The molecule has 1 aliphatic rings. The Labute approximate surface area is 128 Å². The minimum Gasteiger partial charge on any atom is -0.468 e. The van der Waals surface area contributed by atoms with E-state index in [0.717, 1.165) is 5.56 Å². The summed E-state index contributed by atoms with van der Waals surface area (Å²) in [5.41, 5.74) is 1.55. The second kappa shape index (κ2) is 6.60. The number of ether oxygens (including phenoxy) is 3. The number of aryl methyl sites for hydroxylation is 1. The molecular formula is C16H18O6. The zero-order valence-electron chi connectivity index (χ0n) is 12.7. The van der Waals surface area contributed by atoms with E-state index in [1.165, 1.54) is 7.11 Å². The average molecular weight is 306 g/mol. The SMILES string of the molecule is CCOC(=O)[C@@H]1OC(=O)[C@@H](C(=O)OC)[C@@H]1c1ccccc1C. The van der Waals surface area contributed by atoms with Gasteiger partial charge in [-0.15, -0.1) is 0 Å². The molecule has 1 aromatic carbocycles. The quantitative estimate of drug-likeness (QED) is 0.475. The lowest BCUT2D eigenvalue weighted by molar-refractivity contribution is -0.163. The molecule has 1 aromatic rings. The zero-order valence-corrected chi connectivity index (χ0v) is 12.7. The lowest BCUT2D eigenvalue weighted by Crippen LogP contribution is -2.32. The van der Waals surface area contributed by atoms with Crippen LogP contribution in [0.4, 0.5) is 0 Å². The summed E-state index contributed by atoms with van der Waals surface area (Å²) in [6, 6.07) is 7.23. The van der Waals surface area contributed by atoms with Crippen molar-refractivity contribution >= 4 is 17.9 Å². The molecule has 0 aromatic heterocycles. The van der Waals surface area contributed by atoms with Crippen LogP contribution in [0.2, 0.25) is 0 Å². The van der Waals surface area contributed by atoms with Gasteiger partial charge in [0.25, 0.3) is 0 Å². The zero-order chi connectivity index (χ0) is 16.3. The number of cyclic esters (lactones) is 1. The Bertz CT molecular complexity index is 594. The van der Waals surface area contributed by atoms with Gasteiger partial charge >= 0.3 is 17.9 Å². The first kappa shape index (κ1) is 16.0. The summed E-state index contributed by atoms with van der Waals surface area (Å²) in [6.45, 7) is 3.67. The fourth-order valence-electron chi connectivity index (χ4n) is 2.69. The lowest BCUT2D eigenvalue weighted by Gasteiger charge is -2.20. The van der Waals surface area contributed by atoms with Gasteiger partial charge in [0.1, 0.15) is 0 Å². The van der Waals surface area contributed by atoms with Crippen molar-refractivity contribution in [2.45, 2.75) is 25.9 Å². The maximum absolute atomic E-state index is 12.1. The normalized spacial score (nSPS) is 23.8. The van der Waals surface area contributed by atoms with E-state index in [9.17, 15) is 14.4 Å². The van der Waals surface area contributed by atoms with Gasteiger partial charge < -0.3 is 14.2 Å². The summed E-state index contributed by atoms with van der Waals surface area (Å²) in [5, 5.41) is 0. The van der Waals surface area contributed by atoms with Gasteiger partial charge in [-0.2, -0.15) is 0 Å². The first-order valence-electron chi connectivity index (χ1n) is 7.01. The molecule has 22 heavy (non-hydrogen) atoms. The number of carbonyl (C=O) groups excluding carboxylic acids is 3. The van der Waals surface area contributed by atoms with E-state index in [4.69, 9.17) is 14.2 Å². The van der Waals surface area contributed by atoms with Crippen molar-refractivity contribution in [3.8, 4) is 0 Å². The third-order valence-electron chi connectivity index (χ3n) is 3.70. The van der Waals surface area contributed by atoms with Crippen LogP contribution in [0.25, 0.3) is 0 Å². The Morgan fingerprint density at radius 1 is 1.23 bits per heavy atom. The van der Waals surface area contributed by atoms with E-state index in [1.54, 1.807) is 19.1 Å². The first-order chi connectivity index (χ1) is 10.5. The molecule has 1 saturated heterocycles. The standard InChI is InChI=1S/C16H18O6/c1-4-21-16(19)13-11(10-8-6-5-7-9(10)2)12(14(17)20-3)15(18)22-13/h5-8,11-13H,4H2,1-3H3/t11-,12+,13+/m0/s1. The first-order valence-corrected chi connectivity index (χ1v) is 7.01. The summed E-state index contributed by atoms with van der Waals surface area (Å²) in [7, 11) is 1.20. The predicted molar refractivity (Wildman–Crippen MR) is 75.9 cm³/mol. The molecule has 0 radical (unpaired) electrons. The molecule has 6 nitrogen and oxygen atoms in total. The fourth-order valence-corrected chi connectivity index (χ4v) is 2.69. The van der Waals surface area contributed by atoms with Gasteiger partial charge in [-0.1, -0.05) is 24.3 Å². The molecule has 0 unspecified atom stereocenters. The number of benzene rings is 1. The number of rotatable bonds is 4. The van der Waals surface area contributed by atoms with Crippen LogP contribution in [0.3, 0.4) is 0 Å². The Kier molecular flexibility index (Phi) is 4.80. The van der Waals surface area contributed by atoms with Gasteiger partial charge in [0.2, 0.25) is 6.10 Å². The molecule has 2 rings (SSSR count). The highest BCUT2D eigenvalue weighted by Crippen LogP contribution is 2.39. The fraction of sp³-hybridized carbons (Fsp3) is 0.438. The molecule has 0 bridgehead atoms. The van der Waals surface area contributed by atoms with Crippen LogP contribution in [0.1, 0.15) is 24.0 Å². The number of methoxy groups -OCH3 is 1. The lowest BCUT2D eigenvalue weighted by atomic mass is 9.82. The monoisotopic (exact) mass is 306 g/mol. The molecule has 6 heteroatoms. The minimum absolute atomic E-state index is 0.163. The van der Waals surface area contributed by atoms with Crippen molar-refractivity contribution in [1.82, 2.24) is 0 Å². The molecule has 3 atom stereocenters. The maximum atomic E-state index is 12.1. The van der Waals surface area contributed by atoms with E-state index < -0.39 is 35.8 Å². The van der Waals surface area contributed by atoms with E-state index in [0.29, 0.717) is 5.56 Å². The third kappa shape index (κ3) is 2.81. The number of esters is 3. The van der Waals surface area contributed by atoms with Crippen molar-refractivity contribution in [3.05, 3.63) is 35.4 Å². The Morgan fingerprint density at radius 3 is 2.50 bits per heavy atom. The molecule has 0 saturated carbocycles. The Morgan fingerprint density at radius 2 is 1.91 bits per heavy atom. The number of carbonyl (C=O) groups is 3. The van der Waals surface area contributed by atoms with Gasteiger partial charge in [0.15, 0.2) is 5.92 Å². The smallest absolute Gasteiger partial charge is 0.348 e.